The Bertz CT molecular complexity index is 470. The van der Waals surface area contributed by atoms with Crippen molar-refractivity contribution in [3.05, 3.63) is 28.1 Å². The molecule has 2 heterocycles. The molecule has 4 heteroatoms. The van der Waals surface area contributed by atoms with Crippen LogP contribution >= 0.6 is 22.7 Å². The molecule has 0 aliphatic carbocycles. The van der Waals surface area contributed by atoms with Gasteiger partial charge in [-0.1, -0.05) is 0 Å². The van der Waals surface area contributed by atoms with Gasteiger partial charge >= 0.3 is 0 Å². The lowest BCUT2D eigenvalue weighted by molar-refractivity contribution is 0.102. The van der Waals surface area contributed by atoms with E-state index in [0.717, 1.165) is 9.88 Å². The molecule has 2 rings (SSSR count). The normalized spacial score (nSPS) is 10.4. The first-order valence-electron chi connectivity index (χ1n) is 4.19. The van der Waals surface area contributed by atoms with Crippen molar-refractivity contribution in [1.29, 1.82) is 0 Å². The van der Waals surface area contributed by atoms with Crippen molar-refractivity contribution in [3.63, 3.8) is 0 Å². The maximum Gasteiger partial charge on any atom is 0.171 e. The van der Waals surface area contributed by atoms with Crippen LogP contribution in [0, 0.1) is 6.92 Å². The van der Waals surface area contributed by atoms with Gasteiger partial charge in [0.2, 0.25) is 0 Å². The molecule has 0 aliphatic heterocycles. The summed E-state index contributed by atoms with van der Waals surface area (Å²) in [6.45, 7) is 3.62. The van der Waals surface area contributed by atoms with Crippen molar-refractivity contribution < 1.29 is 4.79 Å². The molecule has 0 fully saturated rings. The molecule has 0 radical (unpaired) electrons. The van der Waals surface area contributed by atoms with Gasteiger partial charge in [0.05, 0.1) is 9.75 Å². The van der Waals surface area contributed by atoms with E-state index in [4.69, 9.17) is 0 Å². The lowest BCUT2D eigenvalue weighted by Gasteiger charge is -1.91. The van der Waals surface area contributed by atoms with Crippen molar-refractivity contribution in [2.45, 2.75) is 13.8 Å². The van der Waals surface area contributed by atoms with Gasteiger partial charge in [-0.25, -0.2) is 4.98 Å². The summed E-state index contributed by atoms with van der Waals surface area (Å²) in [4.78, 5) is 17.2. The van der Waals surface area contributed by atoms with Crippen molar-refractivity contribution in [2.24, 2.45) is 0 Å². The average Bonchev–Trinajstić information content (AvgIpc) is 2.71. The molecule has 0 N–H and O–H groups in total. The van der Waals surface area contributed by atoms with E-state index in [1.807, 2.05) is 5.38 Å². The predicted molar refractivity (Wildman–Crippen MR) is 60.2 cm³/mol. The number of hydrogen-bond donors (Lipinski definition) is 0. The van der Waals surface area contributed by atoms with E-state index >= 15 is 0 Å². The van der Waals surface area contributed by atoms with E-state index in [9.17, 15) is 4.79 Å². The van der Waals surface area contributed by atoms with Gasteiger partial charge in [0.25, 0.3) is 0 Å². The van der Waals surface area contributed by atoms with Crippen LogP contribution in [-0.4, -0.2) is 10.8 Å². The number of thiazole rings is 1. The van der Waals surface area contributed by atoms with E-state index < -0.39 is 0 Å². The van der Waals surface area contributed by atoms with Crippen LogP contribution in [0.1, 0.15) is 22.2 Å². The van der Waals surface area contributed by atoms with Gasteiger partial charge < -0.3 is 0 Å². The first-order chi connectivity index (χ1) is 6.68. The molecule has 0 aromatic carbocycles. The Morgan fingerprint density at radius 1 is 1.50 bits per heavy atom. The number of carbonyl (C=O) groups is 1. The maximum atomic E-state index is 11.1. The molecule has 2 aromatic rings. The van der Waals surface area contributed by atoms with Gasteiger partial charge in [0.15, 0.2) is 5.78 Å². The van der Waals surface area contributed by atoms with E-state index in [1.165, 1.54) is 21.8 Å². The Balaban J connectivity index is 2.43. The number of nitrogens with zero attached hydrogens (tertiary/aromatic N) is 1. The number of hydrogen-bond acceptors (Lipinski definition) is 4. The standard InChI is InChI=1S/C10H9NOS2/c1-6-3-4-13-9(6)10-11-5-8(14-10)7(2)12/h3-5H,1-2H3. The number of thiophene rings is 1. The number of ketones is 1. The molecule has 0 saturated heterocycles. The molecular weight excluding hydrogens is 214 g/mol. The third-order valence-corrected chi connectivity index (χ3v) is 4.18. The zero-order valence-corrected chi connectivity index (χ0v) is 9.54. The Hall–Kier alpha value is -1.00. The topological polar surface area (TPSA) is 30.0 Å². The quantitative estimate of drug-likeness (QED) is 0.730. The number of Topliss-reactive ketones (excluding diaryl/α,β-unsaturated/α-hetero) is 1. The monoisotopic (exact) mass is 223 g/mol. The van der Waals surface area contributed by atoms with E-state index in [1.54, 1.807) is 24.5 Å². The predicted octanol–water partition coefficient (Wildman–Crippen LogP) is 3.38. The van der Waals surface area contributed by atoms with Crippen LogP contribution in [0.5, 0.6) is 0 Å². The zero-order chi connectivity index (χ0) is 10.1. The fourth-order valence-corrected chi connectivity index (χ4v) is 3.04. The Kier molecular flexibility index (Phi) is 2.48. The van der Waals surface area contributed by atoms with Gasteiger partial charge in [-0.2, -0.15) is 0 Å². The fraction of sp³-hybridized carbons (Fsp3) is 0.200. The van der Waals surface area contributed by atoms with Crippen LogP contribution in [0.25, 0.3) is 9.88 Å². The third kappa shape index (κ3) is 1.63. The van der Waals surface area contributed by atoms with Crippen molar-refractivity contribution >= 4 is 28.5 Å². The molecule has 0 aliphatic rings. The molecule has 0 bridgehead atoms. The molecule has 14 heavy (non-hydrogen) atoms. The smallest absolute Gasteiger partial charge is 0.171 e. The summed E-state index contributed by atoms with van der Waals surface area (Å²) in [7, 11) is 0. The van der Waals surface area contributed by atoms with Gasteiger partial charge in [0.1, 0.15) is 5.01 Å². The largest absolute Gasteiger partial charge is 0.294 e. The van der Waals surface area contributed by atoms with Crippen LogP contribution in [0.3, 0.4) is 0 Å². The molecule has 0 unspecified atom stereocenters. The molecule has 0 amide bonds. The third-order valence-electron chi connectivity index (χ3n) is 1.91. The Morgan fingerprint density at radius 2 is 2.29 bits per heavy atom. The Labute approximate surface area is 90.2 Å². The summed E-state index contributed by atoms with van der Waals surface area (Å²) in [5.74, 6) is 0.0861. The molecule has 0 spiro atoms. The van der Waals surface area contributed by atoms with Gasteiger partial charge in [0, 0.05) is 13.1 Å². The number of aryl methyl sites for hydroxylation is 1. The lowest BCUT2D eigenvalue weighted by Crippen LogP contribution is -1.83. The summed E-state index contributed by atoms with van der Waals surface area (Å²) in [6.07, 6.45) is 1.65. The highest BCUT2D eigenvalue weighted by Crippen LogP contribution is 2.32. The number of rotatable bonds is 2. The first-order valence-corrected chi connectivity index (χ1v) is 5.89. The molecule has 0 atom stereocenters. The van der Waals surface area contributed by atoms with Crippen LogP contribution < -0.4 is 0 Å². The summed E-state index contributed by atoms with van der Waals surface area (Å²) in [6, 6.07) is 2.06. The average molecular weight is 223 g/mol. The molecule has 2 nitrogen and oxygen atoms in total. The Morgan fingerprint density at radius 3 is 2.79 bits per heavy atom. The highest BCUT2D eigenvalue weighted by atomic mass is 32.1. The molecular formula is C10H9NOS2. The summed E-state index contributed by atoms with van der Waals surface area (Å²) in [5.41, 5.74) is 1.22. The number of carbonyl (C=O) groups excluding carboxylic acids is 1. The van der Waals surface area contributed by atoms with Gasteiger partial charge in [-0.15, -0.1) is 22.7 Å². The van der Waals surface area contributed by atoms with Gasteiger partial charge in [-0.3, -0.25) is 4.79 Å². The summed E-state index contributed by atoms with van der Waals surface area (Å²) >= 11 is 3.13. The molecule has 72 valence electrons. The summed E-state index contributed by atoms with van der Waals surface area (Å²) in [5, 5.41) is 2.99. The molecule has 0 saturated carbocycles. The summed E-state index contributed by atoms with van der Waals surface area (Å²) < 4.78 is 0. The van der Waals surface area contributed by atoms with Crippen LogP contribution in [0.2, 0.25) is 0 Å². The molecule has 2 aromatic heterocycles. The first kappa shape index (κ1) is 9.55. The second-order valence-corrected chi connectivity index (χ2v) is 4.97. The highest BCUT2D eigenvalue weighted by molar-refractivity contribution is 7.22. The minimum Gasteiger partial charge on any atom is -0.294 e. The van der Waals surface area contributed by atoms with Crippen LogP contribution in [0.4, 0.5) is 0 Å². The minimum atomic E-state index is 0.0861. The van der Waals surface area contributed by atoms with Crippen molar-refractivity contribution in [1.82, 2.24) is 4.98 Å². The van der Waals surface area contributed by atoms with Crippen molar-refractivity contribution in [3.8, 4) is 9.88 Å². The second kappa shape index (κ2) is 3.63. The lowest BCUT2D eigenvalue weighted by atomic mass is 10.3. The SMILES string of the molecule is CC(=O)c1cnc(-c2sccc2C)s1. The van der Waals surface area contributed by atoms with E-state index in [2.05, 4.69) is 18.0 Å². The fourth-order valence-electron chi connectivity index (χ4n) is 1.13. The minimum absolute atomic E-state index is 0.0861. The van der Waals surface area contributed by atoms with E-state index in [-0.39, 0.29) is 5.78 Å². The van der Waals surface area contributed by atoms with Crippen molar-refractivity contribution in [2.75, 3.05) is 0 Å². The highest BCUT2D eigenvalue weighted by Gasteiger charge is 2.10. The zero-order valence-electron chi connectivity index (χ0n) is 7.90. The second-order valence-electron chi connectivity index (χ2n) is 3.02. The van der Waals surface area contributed by atoms with Gasteiger partial charge in [-0.05, 0) is 23.9 Å². The van der Waals surface area contributed by atoms with E-state index in [0.29, 0.717) is 0 Å². The maximum absolute atomic E-state index is 11.1. The van der Waals surface area contributed by atoms with Crippen LogP contribution in [0.15, 0.2) is 17.6 Å². The van der Waals surface area contributed by atoms with Crippen LogP contribution in [-0.2, 0) is 0 Å². The number of aromatic nitrogens is 1.